The van der Waals surface area contributed by atoms with Gasteiger partial charge < -0.3 is 4.98 Å². The molecule has 0 bridgehead atoms. The summed E-state index contributed by atoms with van der Waals surface area (Å²) in [5.41, 5.74) is 2.80. The van der Waals surface area contributed by atoms with Crippen LogP contribution in [-0.2, 0) is 0 Å². The first kappa shape index (κ1) is 17.1. The maximum Gasteiger partial charge on any atom is 0.196 e. The molecule has 2 atom stereocenters. The second-order valence-corrected chi connectivity index (χ2v) is 7.61. The van der Waals surface area contributed by atoms with E-state index in [0.717, 1.165) is 30.6 Å². The Kier molecular flexibility index (Phi) is 4.74. The van der Waals surface area contributed by atoms with Gasteiger partial charge in [-0.1, -0.05) is 6.07 Å². The lowest BCUT2D eigenvalue weighted by atomic mass is 10.0. The Morgan fingerprint density at radius 3 is 2.71 bits per heavy atom. The van der Waals surface area contributed by atoms with Crippen LogP contribution >= 0.6 is 11.3 Å². The molecule has 3 heterocycles. The number of nitrogens with one attached hydrogen (secondary N) is 1. The normalized spacial score (nSPS) is 19.6. The summed E-state index contributed by atoms with van der Waals surface area (Å²) in [4.78, 5) is 31.7. The van der Waals surface area contributed by atoms with Crippen molar-refractivity contribution in [3.05, 3.63) is 44.9 Å². The molecule has 1 N–H and O–H groups in total. The molecule has 5 heteroatoms. The Morgan fingerprint density at radius 1 is 1.38 bits per heavy atom. The van der Waals surface area contributed by atoms with E-state index < -0.39 is 0 Å². The first-order chi connectivity index (χ1) is 11.4. The third kappa shape index (κ3) is 2.87. The molecule has 0 spiro atoms. The quantitative estimate of drug-likeness (QED) is 0.823. The summed E-state index contributed by atoms with van der Waals surface area (Å²) in [5.74, 6) is 0.0807. The molecule has 0 aliphatic carbocycles. The Labute approximate surface area is 146 Å². The van der Waals surface area contributed by atoms with Crippen molar-refractivity contribution in [2.45, 2.75) is 52.6 Å². The van der Waals surface area contributed by atoms with Crippen LogP contribution in [0.1, 0.15) is 69.7 Å². The number of aromatic amines is 1. The first-order valence-electron chi connectivity index (χ1n) is 8.45. The number of rotatable bonds is 5. The van der Waals surface area contributed by atoms with Gasteiger partial charge in [-0.25, -0.2) is 0 Å². The van der Waals surface area contributed by atoms with Crippen LogP contribution in [0.15, 0.2) is 17.5 Å². The highest BCUT2D eigenvalue weighted by molar-refractivity contribution is 7.10. The summed E-state index contributed by atoms with van der Waals surface area (Å²) in [6, 6.07) is 4.35. The van der Waals surface area contributed by atoms with E-state index in [1.165, 1.54) is 4.88 Å². The van der Waals surface area contributed by atoms with E-state index >= 15 is 0 Å². The minimum Gasteiger partial charge on any atom is -0.355 e. The number of H-pyrrole nitrogens is 1. The van der Waals surface area contributed by atoms with Crippen molar-refractivity contribution < 1.29 is 9.59 Å². The summed E-state index contributed by atoms with van der Waals surface area (Å²) in [5, 5.41) is 2.09. The number of aromatic nitrogens is 1. The largest absolute Gasteiger partial charge is 0.355 e. The number of hydrogen-bond donors (Lipinski definition) is 1. The van der Waals surface area contributed by atoms with Crippen LogP contribution in [0.5, 0.6) is 0 Å². The Bertz CT molecular complexity index is 761. The minimum atomic E-state index is -0.198. The molecular weight excluding hydrogens is 320 g/mol. The van der Waals surface area contributed by atoms with Crippen molar-refractivity contribution in [3.63, 3.8) is 0 Å². The molecule has 1 saturated heterocycles. The predicted octanol–water partition coefficient (Wildman–Crippen LogP) is 4.30. The van der Waals surface area contributed by atoms with E-state index in [1.54, 1.807) is 18.3 Å². The van der Waals surface area contributed by atoms with Gasteiger partial charge in [0.2, 0.25) is 0 Å². The fourth-order valence-electron chi connectivity index (χ4n) is 3.92. The number of nitrogens with zero attached hydrogens (tertiary/aromatic N) is 1. The molecule has 128 valence electrons. The third-order valence-electron chi connectivity index (χ3n) is 5.08. The molecule has 1 aliphatic heterocycles. The SMILES string of the molecule is CC(=O)c1c(C)[nH]c(C(=O)[C@H](C)N2CCC[C@H]2c2cccs2)c1C. The van der Waals surface area contributed by atoms with E-state index in [0.29, 0.717) is 17.3 Å². The number of carbonyl (C=O) groups excluding carboxylic acids is 2. The number of carbonyl (C=O) groups is 2. The topological polar surface area (TPSA) is 53.2 Å². The summed E-state index contributed by atoms with van der Waals surface area (Å²) in [7, 11) is 0. The molecular formula is C19H24N2O2S. The highest BCUT2D eigenvalue weighted by atomic mass is 32.1. The number of hydrogen-bond acceptors (Lipinski definition) is 4. The molecule has 0 unspecified atom stereocenters. The fraction of sp³-hybridized carbons (Fsp3) is 0.474. The van der Waals surface area contributed by atoms with Gasteiger partial charge in [0.15, 0.2) is 11.6 Å². The van der Waals surface area contributed by atoms with Crippen LogP contribution in [0, 0.1) is 13.8 Å². The molecule has 0 radical (unpaired) electrons. The van der Waals surface area contributed by atoms with E-state index in [4.69, 9.17) is 0 Å². The maximum absolute atomic E-state index is 13.1. The summed E-state index contributed by atoms with van der Waals surface area (Å²) in [6.45, 7) is 8.19. The molecule has 0 saturated carbocycles. The summed E-state index contributed by atoms with van der Waals surface area (Å²) in [6.07, 6.45) is 2.21. The minimum absolute atomic E-state index is 0.00517. The van der Waals surface area contributed by atoms with Crippen molar-refractivity contribution in [3.8, 4) is 0 Å². The summed E-state index contributed by atoms with van der Waals surface area (Å²) < 4.78 is 0. The van der Waals surface area contributed by atoms with Gasteiger partial charge >= 0.3 is 0 Å². The molecule has 24 heavy (non-hydrogen) atoms. The van der Waals surface area contributed by atoms with Crippen LogP contribution in [0.25, 0.3) is 0 Å². The van der Waals surface area contributed by atoms with Crippen LogP contribution in [0.3, 0.4) is 0 Å². The number of aryl methyl sites for hydroxylation is 1. The van der Waals surface area contributed by atoms with Crippen molar-refractivity contribution in [2.24, 2.45) is 0 Å². The zero-order chi connectivity index (χ0) is 17.4. The molecule has 4 nitrogen and oxygen atoms in total. The molecule has 3 rings (SSSR count). The van der Waals surface area contributed by atoms with Gasteiger partial charge in [-0.2, -0.15) is 0 Å². The van der Waals surface area contributed by atoms with Crippen molar-refractivity contribution in [1.29, 1.82) is 0 Å². The Morgan fingerprint density at radius 2 is 2.12 bits per heavy atom. The van der Waals surface area contributed by atoms with E-state index in [9.17, 15) is 9.59 Å². The number of ketones is 2. The fourth-order valence-corrected chi connectivity index (χ4v) is 4.80. The monoisotopic (exact) mass is 344 g/mol. The molecule has 2 aromatic heterocycles. The van der Waals surface area contributed by atoms with Crippen molar-refractivity contribution in [1.82, 2.24) is 9.88 Å². The van der Waals surface area contributed by atoms with Crippen LogP contribution < -0.4 is 0 Å². The highest BCUT2D eigenvalue weighted by Crippen LogP contribution is 2.36. The van der Waals surface area contributed by atoms with Gasteiger partial charge in [-0.15, -0.1) is 11.3 Å². The lowest BCUT2D eigenvalue weighted by Crippen LogP contribution is -2.38. The van der Waals surface area contributed by atoms with Crippen LogP contribution in [0.4, 0.5) is 0 Å². The van der Waals surface area contributed by atoms with Gasteiger partial charge in [0.25, 0.3) is 0 Å². The van der Waals surface area contributed by atoms with Crippen molar-refractivity contribution >= 4 is 22.9 Å². The second kappa shape index (κ2) is 6.65. The number of thiophene rings is 1. The van der Waals surface area contributed by atoms with Gasteiger partial charge in [-0.05, 0) is 64.1 Å². The average Bonchev–Trinajstić information content (AvgIpc) is 3.24. The van der Waals surface area contributed by atoms with Gasteiger partial charge in [0, 0.05) is 22.2 Å². The molecule has 0 aromatic carbocycles. The summed E-state index contributed by atoms with van der Waals surface area (Å²) >= 11 is 1.76. The van der Waals surface area contributed by atoms with Crippen LogP contribution in [0.2, 0.25) is 0 Å². The van der Waals surface area contributed by atoms with E-state index in [-0.39, 0.29) is 17.6 Å². The lowest BCUT2D eigenvalue weighted by molar-refractivity contribution is 0.0816. The van der Waals surface area contributed by atoms with Crippen LogP contribution in [-0.4, -0.2) is 34.0 Å². The molecule has 0 amide bonds. The Hall–Kier alpha value is -1.72. The number of Topliss-reactive ketones (excluding diaryl/α,β-unsaturated/α-hetero) is 2. The number of likely N-dealkylation sites (tertiary alicyclic amines) is 1. The Balaban J connectivity index is 1.87. The lowest BCUT2D eigenvalue weighted by Gasteiger charge is -2.29. The molecule has 1 fully saturated rings. The predicted molar refractivity (Wildman–Crippen MR) is 97.1 cm³/mol. The first-order valence-corrected chi connectivity index (χ1v) is 9.33. The van der Waals surface area contributed by atoms with E-state index in [2.05, 4.69) is 27.4 Å². The van der Waals surface area contributed by atoms with Gasteiger partial charge in [-0.3, -0.25) is 14.5 Å². The third-order valence-corrected chi connectivity index (χ3v) is 6.05. The van der Waals surface area contributed by atoms with Gasteiger partial charge in [0.1, 0.15) is 0 Å². The van der Waals surface area contributed by atoms with Gasteiger partial charge in [0.05, 0.1) is 11.7 Å². The molecule has 1 aliphatic rings. The highest BCUT2D eigenvalue weighted by Gasteiger charge is 2.35. The van der Waals surface area contributed by atoms with E-state index in [1.807, 2.05) is 20.8 Å². The second-order valence-electron chi connectivity index (χ2n) is 6.63. The zero-order valence-corrected chi connectivity index (χ0v) is 15.5. The maximum atomic E-state index is 13.1. The standard InChI is InChI=1S/C19H24N2O2S/c1-11-17(14(4)22)12(2)20-18(11)19(23)13(3)21-9-5-7-15(21)16-8-6-10-24-16/h6,8,10,13,15,20H,5,7,9H2,1-4H3/t13-,15-/m0/s1. The van der Waals surface area contributed by atoms with Crippen molar-refractivity contribution in [2.75, 3.05) is 6.54 Å². The molecule has 2 aromatic rings. The average molecular weight is 344 g/mol. The smallest absolute Gasteiger partial charge is 0.196 e. The zero-order valence-electron chi connectivity index (χ0n) is 14.7.